The van der Waals surface area contributed by atoms with Gasteiger partial charge in [0.15, 0.2) is 0 Å². The second-order valence-electron chi connectivity index (χ2n) is 4.76. The topological polar surface area (TPSA) is 74.8 Å². The van der Waals surface area contributed by atoms with Gasteiger partial charge in [0.2, 0.25) is 0 Å². The van der Waals surface area contributed by atoms with Crippen LogP contribution < -0.4 is 4.72 Å². The Morgan fingerprint density at radius 1 is 1.00 bits per heavy atom. The average molecular weight is 373 g/mol. The largest absolute Gasteiger partial charge is 0.416 e. The van der Waals surface area contributed by atoms with Gasteiger partial charge in [0.1, 0.15) is 0 Å². The van der Waals surface area contributed by atoms with E-state index in [1.54, 1.807) is 0 Å². The van der Waals surface area contributed by atoms with Gasteiger partial charge in [-0.15, -0.1) is 0 Å². The third-order valence-electron chi connectivity index (χ3n) is 2.95. The fourth-order valence-electron chi connectivity index (χ4n) is 1.74. The number of H-pyrrole nitrogens is 1. The monoisotopic (exact) mass is 373 g/mol. The standard InChI is InChI=1S/C12H9F6N3O2S/c1-6-10(5-19-20-6)21-24(22,23)9-3-7(11(13,14)15)2-8(4-9)12(16,17)18/h2-5,21H,1H3,(H,19,20). The first-order valence-corrected chi connectivity index (χ1v) is 7.61. The molecule has 0 aliphatic heterocycles. The van der Waals surface area contributed by atoms with Gasteiger partial charge < -0.3 is 0 Å². The van der Waals surface area contributed by atoms with Crippen LogP contribution in [-0.2, 0) is 22.4 Å². The second kappa shape index (κ2) is 5.69. The lowest BCUT2D eigenvalue weighted by Gasteiger charge is -2.15. The third-order valence-corrected chi connectivity index (χ3v) is 4.29. The summed E-state index contributed by atoms with van der Waals surface area (Å²) in [5.74, 6) is 0. The Morgan fingerprint density at radius 3 is 1.88 bits per heavy atom. The molecule has 0 saturated heterocycles. The molecule has 1 heterocycles. The Balaban J connectivity index is 2.58. The number of aryl methyl sites for hydroxylation is 1. The summed E-state index contributed by atoms with van der Waals surface area (Å²) >= 11 is 0. The van der Waals surface area contributed by atoms with Gasteiger partial charge >= 0.3 is 12.4 Å². The summed E-state index contributed by atoms with van der Waals surface area (Å²) in [4.78, 5) is -1.16. The van der Waals surface area contributed by atoms with Crippen molar-refractivity contribution in [3.05, 3.63) is 41.2 Å². The number of halogens is 6. The highest BCUT2D eigenvalue weighted by Gasteiger charge is 2.38. The minimum atomic E-state index is -5.14. The number of anilines is 1. The van der Waals surface area contributed by atoms with Crippen molar-refractivity contribution in [2.24, 2.45) is 0 Å². The molecule has 2 aromatic rings. The van der Waals surface area contributed by atoms with E-state index in [0.29, 0.717) is 0 Å². The third kappa shape index (κ3) is 3.80. The smallest absolute Gasteiger partial charge is 0.281 e. The highest BCUT2D eigenvalue weighted by Crippen LogP contribution is 2.37. The van der Waals surface area contributed by atoms with E-state index in [-0.39, 0.29) is 29.6 Å². The van der Waals surface area contributed by atoms with Crippen LogP contribution in [0.25, 0.3) is 0 Å². The predicted molar refractivity (Wildman–Crippen MR) is 70.6 cm³/mol. The van der Waals surface area contributed by atoms with Gasteiger partial charge in [-0.2, -0.15) is 31.4 Å². The lowest BCUT2D eigenvalue weighted by molar-refractivity contribution is -0.143. The van der Waals surface area contributed by atoms with E-state index in [1.165, 1.54) is 6.92 Å². The number of sulfonamides is 1. The van der Waals surface area contributed by atoms with Crippen LogP contribution in [0.2, 0.25) is 0 Å². The van der Waals surface area contributed by atoms with Crippen LogP contribution in [0.15, 0.2) is 29.3 Å². The number of nitrogens with zero attached hydrogens (tertiary/aromatic N) is 1. The van der Waals surface area contributed by atoms with Gasteiger partial charge in [0, 0.05) is 0 Å². The SMILES string of the molecule is Cc1[nH]ncc1NS(=O)(=O)c1cc(C(F)(F)F)cc(C(F)(F)F)c1. The fraction of sp³-hybridized carbons (Fsp3) is 0.250. The molecule has 24 heavy (non-hydrogen) atoms. The number of benzene rings is 1. The van der Waals surface area contributed by atoms with Gasteiger partial charge in [-0.25, -0.2) is 8.42 Å². The molecule has 0 bridgehead atoms. The number of alkyl halides is 6. The summed E-state index contributed by atoms with van der Waals surface area (Å²) in [6.45, 7) is 1.41. The maximum atomic E-state index is 12.8. The lowest BCUT2D eigenvalue weighted by Crippen LogP contribution is -2.17. The van der Waals surface area contributed by atoms with Crippen molar-refractivity contribution in [3.8, 4) is 0 Å². The van der Waals surface area contributed by atoms with Crippen LogP contribution in [0.3, 0.4) is 0 Å². The molecular formula is C12H9F6N3O2S. The van der Waals surface area contributed by atoms with E-state index in [0.717, 1.165) is 6.20 Å². The molecule has 0 atom stereocenters. The molecule has 1 aromatic heterocycles. The van der Waals surface area contributed by atoms with Crippen molar-refractivity contribution in [2.75, 3.05) is 4.72 Å². The normalized spacial score (nSPS) is 13.1. The van der Waals surface area contributed by atoms with Gasteiger partial charge in [-0.1, -0.05) is 0 Å². The highest BCUT2D eigenvalue weighted by molar-refractivity contribution is 7.92. The zero-order valence-corrected chi connectivity index (χ0v) is 12.6. The lowest BCUT2D eigenvalue weighted by atomic mass is 10.1. The molecule has 0 aliphatic carbocycles. The van der Waals surface area contributed by atoms with Crippen LogP contribution in [-0.4, -0.2) is 18.6 Å². The second-order valence-corrected chi connectivity index (χ2v) is 6.44. The van der Waals surface area contributed by atoms with Crippen LogP contribution in [0.5, 0.6) is 0 Å². The number of hydrogen-bond acceptors (Lipinski definition) is 3. The summed E-state index contributed by atoms with van der Waals surface area (Å²) in [5.41, 5.74) is -3.30. The quantitative estimate of drug-likeness (QED) is 0.808. The summed E-state index contributed by atoms with van der Waals surface area (Å²) in [6.07, 6.45) is -9.25. The van der Waals surface area contributed by atoms with Gasteiger partial charge in [0.25, 0.3) is 10.0 Å². The summed E-state index contributed by atoms with van der Waals surface area (Å²) in [6, 6.07) is 0.113. The Labute approximate surface area is 131 Å². The van der Waals surface area contributed by atoms with Crippen LogP contribution in [0, 0.1) is 6.92 Å². The molecule has 12 heteroatoms. The van der Waals surface area contributed by atoms with Crippen LogP contribution >= 0.6 is 0 Å². The van der Waals surface area contributed by atoms with Crippen molar-refractivity contribution < 1.29 is 34.8 Å². The first kappa shape index (κ1) is 18.1. The molecule has 0 fully saturated rings. The van der Waals surface area contributed by atoms with Gasteiger partial charge in [-0.05, 0) is 25.1 Å². The maximum Gasteiger partial charge on any atom is 0.416 e. The molecule has 1 aromatic carbocycles. The van der Waals surface area contributed by atoms with Gasteiger partial charge in [-0.3, -0.25) is 9.82 Å². The van der Waals surface area contributed by atoms with E-state index < -0.39 is 38.4 Å². The number of nitrogens with one attached hydrogen (secondary N) is 2. The molecule has 0 radical (unpaired) electrons. The molecule has 0 unspecified atom stereocenters. The number of rotatable bonds is 3. The van der Waals surface area contributed by atoms with Crippen molar-refractivity contribution in [1.29, 1.82) is 0 Å². The summed E-state index contributed by atoms with van der Waals surface area (Å²) in [7, 11) is -4.68. The van der Waals surface area contributed by atoms with Gasteiger partial charge in [0.05, 0.1) is 33.6 Å². The molecule has 0 spiro atoms. The Hall–Kier alpha value is -2.24. The van der Waals surface area contributed by atoms with Crippen molar-refractivity contribution >= 4 is 15.7 Å². The summed E-state index contributed by atoms with van der Waals surface area (Å²) < 4.78 is 103. The van der Waals surface area contributed by atoms with Crippen molar-refractivity contribution in [3.63, 3.8) is 0 Å². The molecule has 2 rings (SSSR count). The number of aromatic nitrogens is 2. The van der Waals surface area contributed by atoms with E-state index in [2.05, 4.69) is 10.2 Å². The minimum absolute atomic E-state index is 0.0963. The fourth-order valence-corrected chi connectivity index (χ4v) is 2.92. The highest BCUT2D eigenvalue weighted by atomic mass is 32.2. The molecule has 0 amide bonds. The zero-order valence-electron chi connectivity index (χ0n) is 11.7. The molecule has 2 N–H and O–H groups in total. The molecule has 132 valence electrons. The van der Waals surface area contributed by atoms with Crippen LogP contribution in [0.1, 0.15) is 16.8 Å². The Bertz CT molecular complexity index is 822. The molecule has 5 nitrogen and oxygen atoms in total. The van der Waals surface area contributed by atoms with E-state index in [4.69, 9.17) is 0 Å². The average Bonchev–Trinajstić information content (AvgIpc) is 2.81. The first-order valence-electron chi connectivity index (χ1n) is 6.13. The minimum Gasteiger partial charge on any atom is -0.281 e. The summed E-state index contributed by atoms with van der Waals surface area (Å²) in [5, 5.41) is 5.88. The number of hydrogen-bond donors (Lipinski definition) is 2. The number of aromatic amines is 1. The molecule has 0 saturated carbocycles. The van der Waals surface area contributed by atoms with Crippen molar-refractivity contribution in [2.45, 2.75) is 24.2 Å². The predicted octanol–water partition coefficient (Wildman–Crippen LogP) is 3.56. The van der Waals surface area contributed by atoms with Crippen LogP contribution in [0.4, 0.5) is 32.0 Å². The Morgan fingerprint density at radius 2 is 1.50 bits per heavy atom. The Kier molecular flexibility index (Phi) is 4.29. The van der Waals surface area contributed by atoms with Crippen molar-refractivity contribution in [1.82, 2.24) is 10.2 Å². The maximum absolute atomic E-state index is 12.8. The van der Waals surface area contributed by atoms with E-state index in [1.807, 2.05) is 4.72 Å². The van der Waals surface area contributed by atoms with E-state index in [9.17, 15) is 34.8 Å². The van der Waals surface area contributed by atoms with E-state index >= 15 is 0 Å². The first-order chi connectivity index (χ1) is 10.8. The zero-order chi connectivity index (χ0) is 18.3. The molecule has 0 aliphatic rings. The molecular weight excluding hydrogens is 364 g/mol.